The van der Waals surface area contributed by atoms with E-state index in [-0.39, 0.29) is 11.1 Å². The molecule has 23 heavy (non-hydrogen) atoms. The lowest BCUT2D eigenvalue weighted by molar-refractivity contribution is 0.606. The van der Waals surface area contributed by atoms with E-state index in [1.807, 2.05) is 48.5 Å². The van der Waals surface area contributed by atoms with Gasteiger partial charge in [-0.05, 0) is 42.5 Å². The minimum absolute atomic E-state index is 0.112. The van der Waals surface area contributed by atoms with Crippen LogP contribution in [0.25, 0.3) is 0 Å². The van der Waals surface area contributed by atoms with Crippen LogP contribution in [0.15, 0.2) is 35.3 Å². The molecule has 0 bridgehead atoms. The lowest BCUT2D eigenvalue weighted by Gasteiger charge is -2.20. The van der Waals surface area contributed by atoms with E-state index in [1.54, 1.807) is 0 Å². The number of aromatic nitrogens is 2. The topological polar surface area (TPSA) is 67.4 Å². The van der Waals surface area contributed by atoms with Gasteiger partial charge in [0.15, 0.2) is 11.6 Å². The van der Waals surface area contributed by atoms with Gasteiger partial charge in [0.1, 0.15) is 5.69 Å². The summed E-state index contributed by atoms with van der Waals surface area (Å²) in [6, 6.07) is 9.85. The van der Waals surface area contributed by atoms with Crippen molar-refractivity contribution in [2.75, 3.05) is 17.7 Å². The SMILES string of the molecule is CC(C)CC/C=N\c1c(N)nc(Cl)nc1N(C)c1ccccc1. The number of rotatable bonds is 6. The summed E-state index contributed by atoms with van der Waals surface area (Å²) in [5.41, 5.74) is 7.52. The monoisotopic (exact) mass is 331 g/mol. The van der Waals surface area contributed by atoms with Crippen LogP contribution in [0.1, 0.15) is 26.7 Å². The van der Waals surface area contributed by atoms with E-state index in [9.17, 15) is 0 Å². The zero-order valence-electron chi connectivity index (χ0n) is 13.7. The van der Waals surface area contributed by atoms with Gasteiger partial charge in [0.2, 0.25) is 5.28 Å². The molecule has 2 N–H and O–H groups in total. The van der Waals surface area contributed by atoms with Gasteiger partial charge in [-0.2, -0.15) is 9.97 Å². The maximum atomic E-state index is 6.00. The molecule has 6 heteroatoms. The van der Waals surface area contributed by atoms with Crippen molar-refractivity contribution < 1.29 is 0 Å². The molecule has 0 aliphatic carbocycles. The van der Waals surface area contributed by atoms with Gasteiger partial charge >= 0.3 is 0 Å². The van der Waals surface area contributed by atoms with Gasteiger partial charge in [-0.15, -0.1) is 0 Å². The molecule has 0 atom stereocenters. The Morgan fingerprint density at radius 1 is 1.26 bits per heavy atom. The molecule has 1 heterocycles. The Balaban J connectivity index is 2.34. The Morgan fingerprint density at radius 3 is 2.61 bits per heavy atom. The molecule has 0 radical (unpaired) electrons. The number of para-hydroxylation sites is 1. The van der Waals surface area contributed by atoms with Crippen molar-refractivity contribution in [2.45, 2.75) is 26.7 Å². The summed E-state index contributed by atoms with van der Waals surface area (Å²) in [6.07, 6.45) is 3.82. The molecule has 2 rings (SSSR count). The normalized spacial score (nSPS) is 11.3. The minimum atomic E-state index is 0.112. The summed E-state index contributed by atoms with van der Waals surface area (Å²) < 4.78 is 0. The van der Waals surface area contributed by atoms with Crippen LogP contribution in [0.4, 0.5) is 23.0 Å². The predicted octanol–water partition coefficient (Wildman–Crippen LogP) is 4.62. The summed E-state index contributed by atoms with van der Waals surface area (Å²) in [7, 11) is 1.90. The van der Waals surface area contributed by atoms with Crippen molar-refractivity contribution in [3.63, 3.8) is 0 Å². The molecule has 0 saturated carbocycles. The first kappa shape index (κ1) is 17.2. The van der Waals surface area contributed by atoms with Crippen molar-refractivity contribution in [1.82, 2.24) is 9.97 Å². The van der Waals surface area contributed by atoms with E-state index in [2.05, 4.69) is 28.8 Å². The lowest BCUT2D eigenvalue weighted by atomic mass is 10.1. The molecular formula is C17H22ClN5. The van der Waals surface area contributed by atoms with Gasteiger partial charge in [0, 0.05) is 18.9 Å². The summed E-state index contributed by atoms with van der Waals surface area (Å²) in [5.74, 6) is 1.50. The number of benzene rings is 1. The number of hydrogen-bond donors (Lipinski definition) is 1. The van der Waals surface area contributed by atoms with Crippen molar-refractivity contribution >= 4 is 40.8 Å². The van der Waals surface area contributed by atoms with E-state index in [4.69, 9.17) is 17.3 Å². The van der Waals surface area contributed by atoms with Crippen LogP contribution in [0, 0.1) is 5.92 Å². The molecule has 0 amide bonds. The molecule has 2 aromatic rings. The van der Waals surface area contributed by atoms with Crippen LogP contribution in [0.5, 0.6) is 0 Å². The Hall–Kier alpha value is -2.14. The highest BCUT2D eigenvalue weighted by molar-refractivity contribution is 6.28. The summed E-state index contributed by atoms with van der Waals surface area (Å²) >= 11 is 5.98. The molecule has 5 nitrogen and oxygen atoms in total. The molecule has 0 aliphatic heterocycles. The van der Waals surface area contributed by atoms with Crippen LogP contribution in [-0.2, 0) is 0 Å². The average Bonchev–Trinajstić information content (AvgIpc) is 2.52. The van der Waals surface area contributed by atoms with Crippen LogP contribution in [0.3, 0.4) is 0 Å². The second kappa shape index (κ2) is 7.92. The third kappa shape index (κ3) is 4.66. The van der Waals surface area contributed by atoms with Crippen molar-refractivity contribution in [1.29, 1.82) is 0 Å². The fourth-order valence-corrected chi connectivity index (χ4v) is 2.30. The lowest BCUT2D eigenvalue weighted by Crippen LogP contribution is -2.13. The maximum absolute atomic E-state index is 6.00. The Morgan fingerprint density at radius 2 is 1.96 bits per heavy atom. The first-order valence-corrected chi connectivity index (χ1v) is 8.01. The highest BCUT2D eigenvalue weighted by Crippen LogP contribution is 2.35. The number of halogens is 1. The van der Waals surface area contributed by atoms with Crippen molar-refractivity contribution in [3.05, 3.63) is 35.6 Å². The number of anilines is 3. The highest BCUT2D eigenvalue weighted by Gasteiger charge is 2.16. The smallest absolute Gasteiger partial charge is 0.226 e. The van der Waals surface area contributed by atoms with Crippen LogP contribution in [0.2, 0.25) is 5.28 Å². The second-order valence-corrected chi connectivity index (χ2v) is 6.07. The molecular weight excluding hydrogens is 310 g/mol. The Bertz CT molecular complexity index is 670. The predicted molar refractivity (Wildman–Crippen MR) is 98.2 cm³/mol. The number of aliphatic imine (C=N–C) groups is 1. The van der Waals surface area contributed by atoms with Crippen molar-refractivity contribution in [3.8, 4) is 0 Å². The van der Waals surface area contributed by atoms with Gasteiger partial charge in [-0.3, -0.25) is 4.99 Å². The first-order chi connectivity index (χ1) is 11.0. The Labute approximate surface area is 142 Å². The highest BCUT2D eigenvalue weighted by atomic mass is 35.5. The summed E-state index contributed by atoms with van der Waals surface area (Å²) in [6.45, 7) is 4.37. The van der Waals surface area contributed by atoms with E-state index >= 15 is 0 Å². The molecule has 122 valence electrons. The van der Waals surface area contributed by atoms with E-state index < -0.39 is 0 Å². The molecule has 0 saturated heterocycles. The molecule has 1 aromatic heterocycles. The van der Waals surface area contributed by atoms with Crippen LogP contribution >= 0.6 is 11.6 Å². The standard InChI is InChI=1S/C17H22ClN5/c1-12(2)8-7-11-20-14-15(19)21-17(18)22-16(14)23(3)13-9-5-4-6-10-13/h4-6,9-12H,7-8H2,1-3H3,(H2,19,21,22)/b20-11-. The number of hydrogen-bond acceptors (Lipinski definition) is 5. The van der Waals surface area contributed by atoms with E-state index in [0.29, 0.717) is 17.4 Å². The molecule has 0 fully saturated rings. The first-order valence-electron chi connectivity index (χ1n) is 7.63. The van der Waals surface area contributed by atoms with Gasteiger partial charge < -0.3 is 10.6 Å². The van der Waals surface area contributed by atoms with Crippen molar-refractivity contribution in [2.24, 2.45) is 10.9 Å². The maximum Gasteiger partial charge on any atom is 0.226 e. The average molecular weight is 332 g/mol. The van der Waals surface area contributed by atoms with Crippen LogP contribution in [-0.4, -0.2) is 23.2 Å². The van der Waals surface area contributed by atoms with E-state index in [1.165, 1.54) is 0 Å². The number of nitrogens with two attached hydrogens (primary N) is 1. The van der Waals surface area contributed by atoms with Gasteiger partial charge in [0.05, 0.1) is 0 Å². The van der Waals surface area contributed by atoms with Crippen LogP contribution < -0.4 is 10.6 Å². The molecule has 0 aliphatic rings. The van der Waals surface area contributed by atoms with Gasteiger partial charge in [-0.25, -0.2) is 0 Å². The zero-order chi connectivity index (χ0) is 16.8. The third-order valence-electron chi connectivity index (χ3n) is 3.42. The summed E-state index contributed by atoms with van der Waals surface area (Å²) in [5, 5.41) is 0.112. The largest absolute Gasteiger partial charge is 0.382 e. The zero-order valence-corrected chi connectivity index (χ0v) is 14.5. The second-order valence-electron chi connectivity index (χ2n) is 5.73. The van der Waals surface area contributed by atoms with Gasteiger partial charge in [-0.1, -0.05) is 32.0 Å². The molecule has 0 unspecified atom stereocenters. The third-order valence-corrected chi connectivity index (χ3v) is 3.59. The molecule has 0 spiro atoms. The fourth-order valence-electron chi connectivity index (χ4n) is 2.13. The molecule has 1 aromatic carbocycles. The quantitative estimate of drug-likeness (QED) is 0.619. The Kier molecular flexibility index (Phi) is 5.93. The van der Waals surface area contributed by atoms with E-state index in [0.717, 1.165) is 18.5 Å². The van der Waals surface area contributed by atoms with Gasteiger partial charge in [0.25, 0.3) is 0 Å². The fraction of sp³-hybridized carbons (Fsp3) is 0.353. The minimum Gasteiger partial charge on any atom is -0.382 e. The number of nitrogen functional groups attached to an aromatic ring is 1. The summed E-state index contributed by atoms with van der Waals surface area (Å²) in [4.78, 5) is 14.7. The number of nitrogens with zero attached hydrogens (tertiary/aromatic N) is 4.